The highest BCUT2D eigenvalue weighted by Gasteiger charge is 1.99. The molecule has 0 amide bonds. The Labute approximate surface area is 94.3 Å². The molecule has 1 nitrogen and oxygen atoms in total. The van der Waals surface area contributed by atoms with Crippen LogP contribution < -0.4 is 0 Å². The molecule has 2 aromatic rings. The van der Waals surface area contributed by atoms with Crippen molar-refractivity contribution < 1.29 is 4.39 Å². The van der Waals surface area contributed by atoms with Crippen LogP contribution in [0.1, 0.15) is 5.69 Å². The van der Waals surface area contributed by atoms with Gasteiger partial charge in [0.2, 0.25) is 0 Å². The molecule has 0 unspecified atom stereocenters. The molecule has 0 aliphatic heterocycles. The van der Waals surface area contributed by atoms with Gasteiger partial charge in [-0.2, -0.15) is 0 Å². The summed E-state index contributed by atoms with van der Waals surface area (Å²) in [6.07, 6.45) is 5.23. The lowest BCUT2D eigenvalue weighted by atomic mass is 10.1. The summed E-state index contributed by atoms with van der Waals surface area (Å²) < 4.78 is 13.0. The molecule has 0 fully saturated rings. The lowest BCUT2D eigenvalue weighted by Gasteiger charge is -2.02. The fraction of sp³-hybridized carbons (Fsp3) is 0. The summed E-state index contributed by atoms with van der Waals surface area (Å²) in [6.45, 7) is 3.60. The van der Waals surface area contributed by atoms with E-state index in [-0.39, 0.29) is 5.82 Å². The first-order valence-corrected chi connectivity index (χ1v) is 4.97. The predicted molar refractivity (Wildman–Crippen MR) is 63.2 cm³/mol. The Hall–Kier alpha value is -1.96. The molecule has 79 valence electrons. The predicted octanol–water partition coefficient (Wildman–Crippen LogP) is 3.63. The van der Waals surface area contributed by atoms with Gasteiger partial charge < -0.3 is 0 Å². The van der Waals surface area contributed by atoms with Gasteiger partial charge in [0.1, 0.15) is 5.82 Å². The maximum absolute atomic E-state index is 13.0. The summed E-state index contributed by atoms with van der Waals surface area (Å²) in [6, 6.07) is 10.3. The Balaban J connectivity index is 2.31. The second-order valence-electron chi connectivity index (χ2n) is 3.38. The fourth-order valence-corrected chi connectivity index (χ4v) is 1.46. The Morgan fingerprint density at radius 1 is 1.12 bits per heavy atom. The van der Waals surface area contributed by atoms with Gasteiger partial charge in [-0.15, -0.1) is 6.58 Å². The van der Waals surface area contributed by atoms with Gasteiger partial charge in [0, 0.05) is 23.9 Å². The average Bonchev–Trinajstić information content (AvgIpc) is 2.30. The zero-order valence-corrected chi connectivity index (χ0v) is 8.73. The van der Waals surface area contributed by atoms with Crippen LogP contribution in [0, 0.1) is 12.2 Å². The molecule has 0 aliphatic rings. The van der Waals surface area contributed by atoms with Crippen molar-refractivity contribution in [3.05, 3.63) is 73.2 Å². The normalized spacial score (nSPS) is 10.1. The summed E-state index contributed by atoms with van der Waals surface area (Å²) in [5.74, 6) is -0.237. The second kappa shape index (κ2) is 4.71. The zero-order valence-electron chi connectivity index (χ0n) is 8.73. The molecular weight excluding hydrogens is 201 g/mol. The van der Waals surface area contributed by atoms with Crippen molar-refractivity contribution in [1.29, 1.82) is 0 Å². The van der Waals surface area contributed by atoms with Gasteiger partial charge in [0.25, 0.3) is 0 Å². The van der Waals surface area contributed by atoms with Crippen molar-refractivity contribution in [1.82, 2.24) is 4.98 Å². The molecule has 1 radical (unpaired) electrons. The van der Waals surface area contributed by atoms with E-state index in [9.17, 15) is 4.39 Å². The van der Waals surface area contributed by atoms with E-state index in [1.807, 2.05) is 24.6 Å². The maximum Gasteiger partial charge on any atom is 0.123 e. The van der Waals surface area contributed by atoms with Gasteiger partial charge in [-0.3, -0.25) is 4.98 Å². The van der Waals surface area contributed by atoms with Crippen molar-refractivity contribution in [2.75, 3.05) is 0 Å². The standard InChI is InChI=1S/C14H11FN/c1-2-4-14-8-7-12(10-16-14)11-5-3-6-13(15)9-11/h2-10H,1H2. The molecule has 0 bridgehead atoms. The number of rotatable bonds is 3. The smallest absolute Gasteiger partial charge is 0.123 e. The molecule has 1 heterocycles. The summed E-state index contributed by atoms with van der Waals surface area (Å²) in [4.78, 5) is 4.23. The van der Waals surface area contributed by atoms with Crippen LogP contribution in [0.4, 0.5) is 4.39 Å². The minimum absolute atomic E-state index is 0.237. The number of pyridine rings is 1. The lowest BCUT2D eigenvalue weighted by Crippen LogP contribution is -1.86. The quantitative estimate of drug-likeness (QED) is 0.757. The fourth-order valence-electron chi connectivity index (χ4n) is 1.46. The van der Waals surface area contributed by atoms with Crippen LogP contribution in [-0.2, 0) is 0 Å². The lowest BCUT2D eigenvalue weighted by molar-refractivity contribution is 0.628. The summed E-state index contributed by atoms with van der Waals surface area (Å²) >= 11 is 0. The molecule has 1 aromatic carbocycles. The number of benzene rings is 1. The first-order valence-electron chi connectivity index (χ1n) is 4.97. The molecule has 2 rings (SSSR count). The third-order valence-electron chi connectivity index (χ3n) is 2.23. The van der Waals surface area contributed by atoms with Crippen molar-refractivity contribution in [3.63, 3.8) is 0 Å². The van der Waals surface area contributed by atoms with Crippen LogP contribution in [0.3, 0.4) is 0 Å². The van der Waals surface area contributed by atoms with Gasteiger partial charge in [-0.05, 0) is 23.8 Å². The molecule has 1 aromatic heterocycles. The van der Waals surface area contributed by atoms with E-state index < -0.39 is 0 Å². The number of aromatic nitrogens is 1. The molecule has 0 N–H and O–H groups in total. The third kappa shape index (κ3) is 2.34. The van der Waals surface area contributed by atoms with E-state index >= 15 is 0 Å². The van der Waals surface area contributed by atoms with Crippen LogP contribution >= 0.6 is 0 Å². The SMILES string of the molecule is C=C[CH]c1ccc(-c2cccc(F)c2)cn1. The minimum Gasteiger partial charge on any atom is -0.260 e. The van der Waals surface area contributed by atoms with Crippen molar-refractivity contribution in [2.45, 2.75) is 0 Å². The summed E-state index contributed by atoms with van der Waals surface area (Å²) in [7, 11) is 0. The van der Waals surface area contributed by atoms with Crippen LogP contribution in [0.5, 0.6) is 0 Å². The number of hydrogen-bond donors (Lipinski definition) is 0. The molecule has 0 saturated carbocycles. The first-order chi connectivity index (χ1) is 7.79. The largest absolute Gasteiger partial charge is 0.260 e. The topological polar surface area (TPSA) is 12.9 Å². The number of nitrogens with zero attached hydrogens (tertiary/aromatic N) is 1. The van der Waals surface area contributed by atoms with E-state index in [1.54, 1.807) is 18.3 Å². The molecule has 0 saturated heterocycles. The van der Waals surface area contributed by atoms with Crippen LogP contribution in [0.25, 0.3) is 11.1 Å². The molecular formula is C14H11FN. The third-order valence-corrected chi connectivity index (χ3v) is 2.23. The minimum atomic E-state index is -0.237. The van der Waals surface area contributed by atoms with Crippen molar-refractivity contribution in [3.8, 4) is 11.1 Å². The van der Waals surface area contributed by atoms with Gasteiger partial charge in [-0.25, -0.2) is 4.39 Å². The van der Waals surface area contributed by atoms with Crippen LogP contribution in [0.15, 0.2) is 55.3 Å². The second-order valence-corrected chi connectivity index (χ2v) is 3.38. The van der Waals surface area contributed by atoms with Gasteiger partial charge in [-0.1, -0.05) is 24.3 Å². The highest BCUT2D eigenvalue weighted by Crippen LogP contribution is 2.19. The first kappa shape index (κ1) is 10.6. The number of allylic oxidation sites excluding steroid dienone is 1. The summed E-state index contributed by atoms with van der Waals surface area (Å²) in [5, 5.41) is 0. The monoisotopic (exact) mass is 212 g/mol. The molecule has 2 heteroatoms. The van der Waals surface area contributed by atoms with E-state index in [2.05, 4.69) is 11.6 Å². The van der Waals surface area contributed by atoms with E-state index in [4.69, 9.17) is 0 Å². The number of halogens is 1. The molecule has 0 atom stereocenters. The molecule has 0 aliphatic carbocycles. The number of hydrogen-bond acceptors (Lipinski definition) is 1. The Kier molecular flexibility index (Phi) is 3.10. The van der Waals surface area contributed by atoms with E-state index in [0.717, 1.165) is 16.8 Å². The van der Waals surface area contributed by atoms with E-state index in [0.29, 0.717) is 0 Å². The van der Waals surface area contributed by atoms with Crippen LogP contribution in [-0.4, -0.2) is 4.98 Å². The van der Waals surface area contributed by atoms with Gasteiger partial charge in [0.15, 0.2) is 0 Å². The zero-order chi connectivity index (χ0) is 11.4. The average molecular weight is 212 g/mol. The molecule has 16 heavy (non-hydrogen) atoms. The Bertz CT molecular complexity index is 488. The van der Waals surface area contributed by atoms with Crippen LogP contribution in [0.2, 0.25) is 0 Å². The van der Waals surface area contributed by atoms with Crippen molar-refractivity contribution in [2.24, 2.45) is 0 Å². The Morgan fingerprint density at radius 3 is 2.62 bits per heavy atom. The highest BCUT2D eigenvalue weighted by molar-refractivity contribution is 5.62. The van der Waals surface area contributed by atoms with E-state index in [1.165, 1.54) is 12.1 Å². The van der Waals surface area contributed by atoms with Gasteiger partial charge in [0.05, 0.1) is 0 Å². The maximum atomic E-state index is 13.0. The van der Waals surface area contributed by atoms with Crippen molar-refractivity contribution >= 4 is 0 Å². The van der Waals surface area contributed by atoms with Gasteiger partial charge >= 0.3 is 0 Å². The molecule has 0 spiro atoms. The highest BCUT2D eigenvalue weighted by atomic mass is 19.1. The Morgan fingerprint density at radius 2 is 2.00 bits per heavy atom. The summed E-state index contributed by atoms with van der Waals surface area (Å²) in [5.41, 5.74) is 2.58.